The SMILES string of the molecule is CC1CN(C(=O)CNC(c2ccc(F)cc2)c2ccccc2Cl)CC(C)O1. The normalized spacial score (nSPS) is 21.1. The number of halogens is 2. The fourth-order valence-corrected chi connectivity index (χ4v) is 3.70. The first kappa shape index (κ1) is 19.8. The first-order valence-electron chi connectivity index (χ1n) is 9.10. The Morgan fingerprint density at radius 3 is 2.44 bits per heavy atom. The van der Waals surface area contributed by atoms with Crippen molar-refractivity contribution < 1.29 is 13.9 Å². The minimum atomic E-state index is -0.306. The first-order valence-corrected chi connectivity index (χ1v) is 9.48. The molecule has 1 saturated heterocycles. The molecule has 0 radical (unpaired) electrons. The highest BCUT2D eigenvalue weighted by atomic mass is 35.5. The molecule has 3 atom stereocenters. The zero-order chi connectivity index (χ0) is 19.4. The van der Waals surface area contributed by atoms with Gasteiger partial charge in [-0.25, -0.2) is 4.39 Å². The summed E-state index contributed by atoms with van der Waals surface area (Å²) in [5.74, 6) is -0.291. The highest BCUT2D eigenvalue weighted by Crippen LogP contribution is 2.28. The van der Waals surface area contributed by atoms with Gasteiger partial charge in [-0.1, -0.05) is 41.9 Å². The topological polar surface area (TPSA) is 41.6 Å². The van der Waals surface area contributed by atoms with Crippen LogP contribution in [0.3, 0.4) is 0 Å². The van der Waals surface area contributed by atoms with Crippen LogP contribution in [0.1, 0.15) is 31.0 Å². The summed E-state index contributed by atoms with van der Waals surface area (Å²) in [5.41, 5.74) is 1.70. The highest BCUT2D eigenvalue weighted by Gasteiger charge is 2.26. The largest absolute Gasteiger partial charge is 0.372 e. The van der Waals surface area contributed by atoms with Gasteiger partial charge in [-0.3, -0.25) is 10.1 Å². The van der Waals surface area contributed by atoms with E-state index in [0.717, 1.165) is 11.1 Å². The van der Waals surface area contributed by atoms with E-state index < -0.39 is 0 Å². The number of hydrogen-bond donors (Lipinski definition) is 1. The van der Waals surface area contributed by atoms with Gasteiger partial charge in [-0.05, 0) is 43.2 Å². The van der Waals surface area contributed by atoms with Crippen LogP contribution in [0.5, 0.6) is 0 Å². The van der Waals surface area contributed by atoms with Crippen molar-refractivity contribution in [3.63, 3.8) is 0 Å². The van der Waals surface area contributed by atoms with Gasteiger partial charge in [-0.15, -0.1) is 0 Å². The Morgan fingerprint density at radius 2 is 1.81 bits per heavy atom. The van der Waals surface area contributed by atoms with Crippen LogP contribution in [0, 0.1) is 5.82 Å². The summed E-state index contributed by atoms with van der Waals surface area (Å²) < 4.78 is 19.0. The number of hydrogen-bond acceptors (Lipinski definition) is 3. The van der Waals surface area contributed by atoms with Crippen LogP contribution in [-0.4, -0.2) is 42.6 Å². The molecule has 1 aliphatic rings. The van der Waals surface area contributed by atoms with E-state index in [2.05, 4.69) is 5.32 Å². The van der Waals surface area contributed by atoms with Crippen LogP contribution < -0.4 is 5.32 Å². The summed E-state index contributed by atoms with van der Waals surface area (Å²) in [5, 5.41) is 3.90. The second-order valence-electron chi connectivity index (χ2n) is 6.94. The average molecular weight is 391 g/mol. The van der Waals surface area contributed by atoms with Crippen molar-refractivity contribution in [3.8, 4) is 0 Å². The molecular formula is C21H24ClFN2O2. The summed E-state index contributed by atoms with van der Waals surface area (Å²) in [7, 11) is 0. The molecule has 0 aliphatic carbocycles. The maximum absolute atomic E-state index is 13.3. The maximum Gasteiger partial charge on any atom is 0.236 e. The van der Waals surface area contributed by atoms with Gasteiger partial charge in [0, 0.05) is 18.1 Å². The second-order valence-corrected chi connectivity index (χ2v) is 7.35. The fourth-order valence-electron chi connectivity index (χ4n) is 3.45. The molecule has 6 heteroatoms. The van der Waals surface area contributed by atoms with Crippen LogP contribution in [0.4, 0.5) is 4.39 Å². The van der Waals surface area contributed by atoms with Gasteiger partial charge >= 0.3 is 0 Å². The van der Waals surface area contributed by atoms with Crippen molar-refractivity contribution >= 4 is 17.5 Å². The Bertz CT molecular complexity index is 774. The van der Waals surface area contributed by atoms with Gasteiger partial charge in [-0.2, -0.15) is 0 Å². The van der Waals surface area contributed by atoms with Crippen molar-refractivity contribution in [2.75, 3.05) is 19.6 Å². The Labute approximate surface area is 164 Å². The predicted octanol–water partition coefficient (Wildman–Crippen LogP) is 3.79. The molecule has 1 N–H and O–H groups in total. The molecule has 2 aromatic rings. The van der Waals surface area contributed by atoms with Crippen LogP contribution in [0.15, 0.2) is 48.5 Å². The summed E-state index contributed by atoms with van der Waals surface area (Å²) in [4.78, 5) is 14.5. The smallest absolute Gasteiger partial charge is 0.236 e. The third-order valence-electron chi connectivity index (χ3n) is 4.65. The fraction of sp³-hybridized carbons (Fsp3) is 0.381. The number of nitrogens with zero attached hydrogens (tertiary/aromatic N) is 1. The van der Waals surface area contributed by atoms with Crippen LogP contribution >= 0.6 is 11.6 Å². The van der Waals surface area contributed by atoms with Crippen molar-refractivity contribution in [2.24, 2.45) is 0 Å². The minimum Gasteiger partial charge on any atom is -0.372 e. The standard InChI is InChI=1S/C21H24ClFN2O2/c1-14-12-25(13-15(2)27-14)20(26)11-24-21(16-7-9-17(23)10-8-16)18-5-3-4-6-19(18)22/h3-10,14-15,21,24H,11-13H2,1-2H3. The summed E-state index contributed by atoms with van der Waals surface area (Å²) >= 11 is 6.38. The van der Waals surface area contributed by atoms with Gasteiger partial charge in [0.1, 0.15) is 5.82 Å². The molecule has 0 bridgehead atoms. The second kappa shape index (κ2) is 8.83. The number of rotatable bonds is 5. The molecule has 1 fully saturated rings. The van der Waals surface area contributed by atoms with E-state index in [0.29, 0.717) is 18.1 Å². The quantitative estimate of drug-likeness (QED) is 0.844. The molecule has 3 rings (SSSR count). The zero-order valence-corrected chi connectivity index (χ0v) is 16.2. The lowest BCUT2D eigenvalue weighted by Crippen LogP contribution is -2.50. The first-order chi connectivity index (χ1) is 12.9. The monoisotopic (exact) mass is 390 g/mol. The molecule has 144 valence electrons. The highest BCUT2D eigenvalue weighted by molar-refractivity contribution is 6.31. The predicted molar refractivity (Wildman–Crippen MR) is 104 cm³/mol. The summed E-state index contributed by atoms with van der Waals surface area (Å²) in [6.07, 6.45) is 0.0447. The summed E-state index contributed by atoms with van der Waals surface area (Å²) in [6.45, 7) is 5.26. The van der Waals surface area contributed by atoms with Gasteiger partial charge in [0.05, 0.1) is 24.8 Å². The van der Waals surface area contributed by atoms with E-state index >= 15 is 0 Å². The van der Waals surface area contributed by atoms with Gasteiger partial charge in [0.15, 0.2) is 0 Å². The van der Waals surface area contributed by atoms with Crippen LogP contribution in [0.25, 0.3) is 0 Å². The molecule has 27 heavy (non-hydrogen) atoms. The van der Waals surface area contributed by atoms with E-state index in [1.807, 2.05) is 43.0 Å². The molecular weight excluding hydrogens is 367 g/mol. The molecule has 2 aromatic carbocycles. The lowest BCUT2D eigenvalue weighted by Gasteiger charge is -2.35. The number of morpholine rings is 1. The number of amides is 1. The lowest BCUT2D eigenvalue weighted by molar-refractivity contribution is -0.142. The third kappa shape index (κ3) is 5.06. The molecule has 4 nitrogen and oxygen atoms in total. The Balaban J connectivity index is 1.77. The number of benzene rings is 2. The number of ether oxygens (including phenoxy) is 1. The van der Waals surface area contributed by atoms with E-state index in [1.165, 1.54) is 12.1 Å². The lowest BCUT2D eigenvalue weighted by atomic mass is 9.98. The van der Waals surface area contributed by atoms with Crippen molar-refractivity contribution in [2.45, 2.75) is 32.1 Å². The Morgan fingerprint density at radius 1 is 1.19 bits per heavy atom. The maximum atomic E-state index is 13.3. The van der Waals surface area contributed by atoms with E-state index in [-0.39, 0.29) is 36.5 Å². The number of nitrogens with one attached hydrogen (secondary N) is 1. The van der Waals surface area contributed by atoms with Crippen LogP contribution in [-0.2, 0) is 9.53 Å². The van der Waals surface area contributed by atoms with Crippen molar-refractivity contribution in [1.29, 1.82) is 0 Å². The molecule has 3 unspecified atom stereocenters. The molecule has 1 aliphatic heterocycles. The Hall–Kier alpha value is -1.95. The Kier molecular flexibility index (Phi) is 6.47. The van der Waals surface area contributed by atoms with E-state index in [9.17, 15) is 9.18 Å². The van der Waals surface area contributed by atoms with Gasteiger partial charge in [0.25, 0.3) is 0 Å². The van der Waals surface area contributed by atoms with Crippen molar-refractivity contribution in [3.05, 3.63) is 70.5 Å². The summed E-state index contributed by atoms with van der Waals surface area (Å²) in [6, 6.07) is 13.4. The van der Waals surface area contributed by atoms with Crippen LogP contribution in [0.2, 0.25) is 5.02 Å². The van der Waals surface area contributed by atoms with Gasteiger partial charge in [0.2, 0.25) is 5.91 Å². The molecule has 0 aromatic heterocycles. The van der Waals surface area contributed by atoms with Crippen molar-refractivity contribution in [1.82, 2.24) is 10.2 Å². The molecule has 1 heterocycles. The average Bonchev–Trinajstić information content (AvgIpc) is 2.63. The van der Waals surface area contributed by atoms with E-state index in [4.69, 9.17) is 16.3 Å². The third-order valence-corrected chi connectivity index (χ3v) is 4.99. The minimum absolute atomic E-state index is 0.0103. The number of carbonyl (C=O) groups excluding carboxylic acids is 1. The molecule has 0 spiro atoms. The van der Waals surface area contributed by atoms with E-state index in [1.54, 1.807) is 12.1 Å². The zero-order valence-electron chi connectivity index (χ0n) is 15.5. The molecule has 1 amide bonds. The van der Waals surface area contributed by atoms with Gasteiger partial charge < -0.3 is 9.64 Å². The molecule has 0 saturated carbocycles. The number of carbonyl (C=O) groups is 1.